The van der Waals surface area contributed by atoms with Crippen LogP contribution in [0.3, 0.4) is 0 Å². The van der Waals surface area contributed by atoms with E-state index in [4.69, 9.17) is 11.0 Å². The minimum atomic E-state index is 0.493. The van der Waals surface area contributed by atoms with Crippen LogP contribution >= 0.6 is 0 Å². The van der Waals surface area contributed by atoms with Gasteiger partial charge in [-0.2, -0.15) is 5.26 Å². The molecule has 1 aromatic carbocycles. The molecule has 1 aromatic rings. The zero-order chi connectivity index (χ0) is 14.3. The van der Waals surface area contributed by atoms with Gasteiger partial charge in [-0.1, -0.05) is 40.0 Å². The van der Waals surface area contributed by atoms with Crippen LogP contribution in [0.15, 0.2) is 18.2 Å². The van der Waals surface area contributed by atoms with Gasteiger partial charge in [-0.15, -0.1) is 0 Å². The van der Waals surface area contributed by atoms with E-state index >= 15 is 0 Å². The van der Waals surface area contributed by atoms with E-state index in [9.17, 15) is 0 Å². The Labute approximate surface area is 117 Å². The number of nitrogens with zero attached hydrogens (tertiary/aromatic N) is 1. The van der Waals surface area contributed by atoms with Crippen LogP contribution in [0, 0.1) is 17.2 Å². The summed E-state index contributed by atoms with van der Waals surface area (Å²) in [6.45, 7) is 6.75. The third-order valence-corrected chi connectivity index (χ3v) is 4.00. The molecule has 0 saturated carbocycles. The van der Waals surface area contributed by atoms with Crippen LogP contribution in [-0.4, -0.2) is 0 Å². The van der Waals surface area contributed by atoms with Gasteiger partial charge in [-0.3, -0.25) is 0 Å². The highest BCUT2D eigenvalue weighted by Crippen LogP contribution is 2.32. The van der Waals surface area contributed by atoms with Crippen molar-refractivity contribution in [1.82, 2.24) is 0 Å². The Kier molecular flexibility index (Phi) is 6.42. The molecular formula is C17H26N2. The minimum absolute atomic E-state index is 0.493. The van der Waals surface area contributed by atoms with Crippen molar-refractivity contribution in [3.05, 3.63) is 29.3 Å². The normalized spacial score (nSPS) is 13.8. The molecule has 0 amide bonds. The first-order chi connectivity index (χ1) is 9.12. The second-order valence-electron chi connectivity index (χ2n) is 5.53. The lowest BCUT2D eigenvalue weighted by Gasteiger charge is -2.20. The Balaban J connectivity index is 2.88. The second-order valence-corrected chi connectivity index (χ2v) is 5.53. The number of nitriles is 1. The van der Waals surface area contributed by atoms with Crippen molar-refractivity contribution in [2.45, 2.75) is 58.8 Å². The lowest BCUT2D eigenvalue weighted by Crippen LogP contribution is -2.06. The molecule has 1 rings (SSSR count). The summed E-state index contributed by atoms with van der Waals surface area (Å²) in [5.74, 6) is 1.26. The van der Waals surface area contributed by atoms with Crippen LogP contribution in [0.1, 0.15) is 69.9 Å². The molecule has 0 bridgehead atoms. The molecule has 104 valence electrons. The monoisotopic (exact) mass is 258 g/mol. The molecule has 0 spiro atoms. The fourth-order valence-corrected chi connectivity index (χ4v) is 2.49. The highest BCUT2D eigenvalue weighted by atomic mass is 14.6. The fraction of sp³-hybridized carbons (Fsp3) is 0.588. The van der Waals surface area contributed by atoms with Crippen LogP contribution < -0.4 is 5.73 Å². The summed E-state index contributed by atoms with van der Waals surface area (Å²) >= 11 is 0. The Hall–Kier alpha value is -1.49. The van der Waals surface area contributed by atoms with E-state index in [1.807, 2.05) is 12.1 Å². The third kappa shape index (κ3) is 4.59. The van der Waals surface area contributed by atoms with E-state index in [-0.39, 0.29) is 0 Å². The molecule has 19 heavy (non-hydrogen) atoms. The van der Waals surface area contributed by atoms with Gasteiger partial charge < -0.3 is 5.73 Å². The maximum Gasteiger partial charge on any atom is 0.0991 e. The van der Waals surface area contributed by atoms with Crippen molar-refractivity contribution in [3.63, 3.8) is 0 Å². The van der Waals surface area contributed by atoms with E-state index in [1.165, 1.54) is 24.8 Å². The highest BCUT2D eigenvalue weighted by molar-refractivity contribution is 5.52. The number of rotatable bonds is 7. The van der Waals surface area contributed by atoms with Gasteiger partial charge in [-0.05, 0) is 48.4 Å². The van der Waals surface area contributed by atoms with Crippen molar-refractivity contribution in [3.8, 4) is 6.07 Å². The van der Waals surface area contributed by atoms with Gasteiger partial charge in [0.15, 0.2) is 0 Å². The Bertz CT molecular complexity index is 431. The van der Waals surface area contributed by atoms with Crippen molar-refractivity contribution in [2.75, 3.05) is 5.73 Å². The molecule has 2 N–H and O–H groups in total. The van der Waals surface area contributed by atoms with Crippen molar-refractivity contribution >= 4 is 5.69 Å². The topological polar surface area (TPSA) is 49.8 Å². The maximum atomic E-state index is 9.03. The molecule has 0 fully saturated rings. The number of anilines is 1. The smallest absolute Gasteiger partial charge is 0.0991 e. The third-order valence-electron chi connectivity index (χ3n) is 4.00. The highest BCUT2D eigenvalue weighted by Gasteiger charge is 2.15. The fourth-order valence-electron chi connectivity index (χ4n) is 2.49. The second kappa shape index (κ2) is 7.84. The Morgan fingerprint density at radius 3 is 2.53 bits per heavy atom. The zero-order valence-corrected chi connectivity index (χ0v) is 12.4. The van der Waals surface area contributed by atoms with Crippen LogP contribution in [0.25, 0.3) is 0 Å². The molecule has 0 saturated heterocycles. The first-order valence-electron chi connectivity index (χ1n) is 7.41. The van der Waals surface area contributed by atoms with Crippen LogP contribution in [-0.2, 0) is 0 Å². The van der Waals surface area contributed by atoms with Gasteiger partial charge in [0.2, 0.25) is 0 Å². The quantitative estimate of drug-likeness (QED) is 0.711. The van der Waals surface area contributed by atoms with E-state index in [0.717, 1.165) is 24.4 Å². The van der Waals surface area contributed by atoms with E-state index < -0.39 is 0 Å². The molecule has 2 nitrogen and oxygen atoms in total. The first kappa shape index (κ1) is 15.6. The molecule has 0 heterocycles. The van der Waals surface area contributed by atoms with Gasteiger partial charge in [0.05, 0.1) is 11.6 Å². The molecule has 2 atom stereocenters. The van der Waals surface area contributed by atoms with Crippen molar-refractivity contribution in [1.29, 1.82) is 5.26 Å². The lowest BCUT2D eigenvalue weighted by atomic mass is 9.85. The predicted molar refractivity (Wildman–Crippen MR) is 81.9 cm³/mol. The average Bonchev–Trinajstić information content (AvgIpc) is 2.43. The molecule has 0 aromatic heterocycles. The van der Waals surface area contributed by atoms with Crippen molar-refractivity contribution in [2.24, 2.45) is 5.92 Å². The van der Waals surface area contributed by atoms with Gasteiger partial charge in [0.1, 0.15) is 0 Å². The summed E-state index contributed by atoms with van der Waals surface area (Å²) in [6.07, 6.45) is 5.93. The summed E-state index contributed by atoms with van der Waals surface area (Å²) in [7, 11) is 0. The van der Waals surface area contributed by atoms with E-state index in [1.54, 1.807) is 6.07 Å². The van der Waals surface area contributed by atoms with E-state index in [0.29, 0.717) is 11.5 Å². The van der Waals surface area contributed by atoms with Gasteiger partial charge in [0, 0.05) is 5.69 Å². The molecule has 0 aliphatic rings. The zero-order valence-electron chi connectivity index (χ0n) is 12.4. The Morgan fingerprint density at radius 2 is 1.95 bits per heavy atom. The number of hydrogen-bond donors (Lipinski definition) is 1. The number of benzene rings is 1. The van der Waals surface area contributed by atoms with Gasteiger partial charge in [-0.25, -0.2) is 0 Å². The predicted octanol–water partition coefficient (Wildman–Crippen LogP) is 4.85. The average molecular weight is 258 g/mol. The standard InChI is InChI=1S/C17H26N2/c1-4-6-15(9-7-13(3)5-2)16-11-14(12-18)8-10-17(16)19/h8,10-11,13,15H,4-7,9,19H2,1-3H3. The van der Waals surface area contributed by atoms with Crippen LogP contribution in [0.2, 0.25) is 0 Å². The van der Waals surface area contributed by atoms with E-state index in [2.05, 4.69) is 26.8 Å². The molecule has 0 aliphatic heterocycles. The lowest BCUT2D eigenvalue weighted by molar-refractivity contribution is 0.445. The Morgan fingerprint density at radius 1 is 1.21 bits per heavy atom. The van der Waals surface area contributed by atoms with Gasteiger partial charge in [0.25, 0.3) is 0 Å². The molecule has 2 heteroatoms. The number of nitrogen functional groups attached to an aromatic ring is 1. The SMILES string of the molecule is CCCC(CCC(C)CC)c1cc(C#N)ccc1N. The van der Waals surface area contributed by atoms with Crippen LogP contribution in [0.4, 0.5) is 5.69 Å². The maximum absolute atomic E-state index is 9.03. The number of nitrogens with two attached hydrogens (primary N) is 1. The van der Waals surface area contributed by atoms with Crippen molar-refractivity contribution < 1.29 is 0 Å². The van der Waals surface area contributed by atoms with Crippen LogP contribution in [0.5, 0.6) is 0 Å². The minimum Gasteiger partial charge on any atom is -0.398 e. The first-order valence-corrected chi connectivity index (χ1v) is 7.41. The van der Waals surface area contributed by atoms with Gasteiger partial charge >= 0.3 is 0 Å². The summed E-state index contributed by atoms with van der Waals surface area (Å²) in [6, 6.07) is 7.87. The molecular weight excluding hydrogens is 232 g/mol. The largest absolute Gasteiger partial charge is 0.398 e. The summed E-state index contributed by atoms with van der Waals surface area (Å²) in [4.78, 5) is 0. The molecule has 0 radical (unpaired) electrons. The summed E-state index contributed by atoms with van der Waals surface area (Å²) in [5, 5.41) is 9.03. The number of hydrogen-bond acceptors (Lipinski definition) is 2. The molecule has 0 aliphatic carbocycles. The molecule has 2 unspecified atom stereocenters. The summed E-state index contributed by atoms with van der Waals surface area (Å²) < 4.78 is 0. The summed E-state index contributed by atoms with van der Waals surface area (Å²) in [5.41, 5.74) is 8.83.